The van der Waals surface area contributed by atoms with Crippen LogP contribution in [0.15, 0.2) is 36.7 Å². The van der Waals surface area contributed by atoms with Gasteiger partial charge >= 0.3 is 6.03 Å². The molecule has 3 aliphatic heterocycles. The van der Waals surface area contributed by atoms with Crippen LogP contribution in [0.5, 0.6) is 17.2 Å². The number of carbonyl (C=O) groups excluding carboxylic acids is 2. The number of likely N-dealkylation sites (N-methyl/N-ethyl adjacent to an activating group) is 1. The Morgan fingerprint density at radius 2 is 1.85 bits per heavy atom. The molecule has 1 aromatic heterocycles. The van der Waals surface area contributed by atoms with Crippen molar-refractivity contribution >= 4 is 11.9 Å². The van der Waals surface area contributed by atoms with Gasteiger partial charge in [-0.2, -0.15) is 0 Å². The molecule has 1 spiro atoms. The fourth-order valence-electron chi connectivity index (χ4n) is 5.20. The number of likely N-dealkylation sites (tertiary alicyclic amines) is 1. The number of hydrogen-bond donors (Lipinski definition) is 0. The highest BCUT2D eigenvalue weighted by molar-refractivity contribution is 6.07. The number of imide groups is 1. The molecule has 34 heavy (non-hydrogen) atoms. The monoisotopic (exact) mass is 466 g/mol. The van der Waals surface area contributed by atoms with E-state index in [1.54, 1.807) is 31.5 Å². The standard InChI is InChI=1S/C25H30N4O5/c1-27-24(31)29(11-3-4-18-5-9-26-10-6-18)23(30)25(27)7-12-28(13-8-25)16-19-14-20(32-2)22-21(15-19)33-17-34-22/h5-6,9-10,14-15H,3-4,7-8,11-13,16-17H2,1-2H3. The molecule has 0 atom stereocenters. The van der Waals surface area contributed by atoms with Crippen LogP contribution < -0.4 is 14.2 Å². The summed E-state index contributed by atoms with van der Waals surface area (Å²) in [6, 6.07) is 7.70. The molecule has 9 heteroatoms. The topological polar surface area (TPSA) is 84.4 Å². The molecule has 0 saturated carbocycles. The number of ether oxygens (including phenoxy) is 3. The number of benzene rings is 1. The lowest BCUT2D eigenvalue weighted by Gasteiger charge is -2.40. The Balaban J connectivity index is 1.20. The van der Waals surface area contributed by atoms with Crippen LogP contribution in [0, 0.1) is 0 Å². The number of nitrogens with zero attached hydrogens (tertiary/aromatic N) is 4. The highest BCUT2D eigenvalue weighted by Crippen LogP contribution is 2.42. The molecule has 1 aromatic carbocycles. The number of aromatic nitrogens is 1. The number of hydrogen-bond acceptors (Lipinski definition) is 7. The van der Waals surface area contributed by atoms with Crippen molar-refractivity contribution in [2.24, 2.45) is 0 Å². The van der Waals surface area contributed by atoms with Gasteiger partial charge in [-0.3, -0.25) is 19.6 Å². The minimum Gasteiger partial charge on any atom is -0.493 e. The second-order valence-corrected chi connectivity index (χ2v) is 9.10. The van der Waals surface area contributed by atoms with Crippen molar-refractivity contribution in [2.45, 2.75) is 37.8 Å². The predicted molar refractivity (Wildman–Crippen MR) is 124 cm³/mol. The van der Waals surface area contributed by atoms with Crippen LogP contribution in [-0.4, -0.2) is 77.7 Å². The summed E-state index contributed by atoms with van der Waals surface area (Å²) < 4.78 is 16.5. The molecule has 0 aliphatic carbocycles. The first-order chi connectivity index (χ1) is 16.5. The van der Waals surface area contributed by atoms with E-state index in [1.807, 2.05) is 24.3 Å². The molecule has 2 saturated heterocycles. The first-order valence-electron chi connectivity index (χ1n) is 11.7. The van der Waals surface area contributed by atoms with Crippen LogP contribution in [0.3, 0.4) is 0 Å². The molecule has 3 aliphatic rings. The van der Waals surface area contributed by atoms with Crippen molar-refractivity contribution in [1.82, 2.24) is 19.7 Å². The molecule has 4 heterocycles. The van der Waals surface area contributed by atoms with Crippen LogP contribution >= 0.6 is 0 Å². The van der Waals surface area contributed by atoms with Gasteiger partial charge in [0.05, 0.1) is 7.11 Å². The van der Waals surface area contributed by atoms with Gasteiger partial charge in [0.15, 0.2) is 11.5 Å². The lowest BCUT2D eigenvalue weighted by Crippen LogP contribution is -2.55. The molecule has 0 radical (unpaired) electrons. The molecular formula is C25H30N4O5. The van der Waals surface area contributed by atoms with Crippen molar-refractivity contribution in [1.29, 1.82) is 0 Å². The summed E-state index contributed by atoms with van der Waals surface area (Å²) in [4.78, 5) is 35.8. The maximum Gasteiger partial charge on any atom is 0.327 e. The van der Waals surface area contributed by atoms with Crippen LogP contribution in [0.25, 0.3) is 0 Å². The number of rotatable bonds is 7. The van der Waals surface area contributed by atoms with Crippen LogP contribution in [0.1, 0.15) is 30.4 Å². The van der Waals surface area contributed by atoms with E-state index in [9.17, 15) is 9.59 Å². The lowest BCUT2D eigenvalue weighted by molar-refractivity contribution is -0.135. The van der Waals surface area contributed by atoms with Gasteiger partial charge in [0.2, 0.25) is 12.5 Å². The summed E-state index contributed by atoms with van der Waals surface area (Å²) in [6.45, 7) is 2.80. The second kappa shape index (κ2) is 9.13. The Hall–Kier alpha value is -3.33. The normalized spacial score (nSPS) is 19.4. The molecule has 2 aromatic rings. The van der Waals surface area contributed by atoms with Crippen molar-refractivity contribution in [3.8, 4) is 17.2 Å². The predicted octanol–water partition coefficient (Wildman–Crippen LogP) is 2.68. The number of piperidine rings is 1. The van der Waals surface area contributed by atoms with E-state index in [2.05, 4.69) is 9.88 Å². The molecule has 0 N–H and O–H groups in total. The lowest BCUT2D eigenvalue weighted by atomic mass is 9.86. The van der Waals surface area contributed by atoms with E-state index in [0.717, 1.165) is 37.1 Å². The van der Waals surface area contributed by atoms with E-state index < -0.39 is 5.54 Å². The zero-order chi connectivity index (χ0) is 23.7. The molecule has 9 nitrogen and oxygen atoms in total. The smallest absolute Gasteiger partial charge is 0.327 e. The van der Waals surface area contributed by atoms with E-state index in [1.165, 1.54) is 4.90 Å². The molecule has 0 unspecified atom stereocenters. The van der Waals surface area contributed by atoms with Crippen LogP contribution in [0.4, 0.5) is 4.79 Å². The Kier molecular flexibility index (Phi) is 6.03. The number of urea groups is 1. The molecule has 0 bridgehead atoms. The largest absolute Gasteiger partial charge is 0.493 e. The van der Waals surface area contributed by atoms with Gasteiger partial charge < -0.3 is 19.1 Å². The van der Waals surface area contributed by atoms with Gasteiger partial charge in [-0.25, -0.2) is 4.79 Å². The third-order valence-electron chi connectivity index (χ3n) is 7.21. The Morgan fingerprint density at radius 3 is 2.59 bits per heavy atom. The molecular weight excluding hydrogens is 436 g/mol. The summed E-state index contributed by atoms with van der Waals surface area (Å²) in [5, 5.41) is 0. The molecule has 180 valence electrons. The zero-order valence-corrected chi connectivity index (χ0v) is 19.7. The highest BCUT2D eigenvalue weighted by Gasteiger charge is 2.56. The summed E-state index contributed by atoms with van der Waals surface area (Å²) in [6.07, 6.45) is 6.31. The van der Waals surface area contributed by atoms with E-state index in [4.69, 9.17) is 14.2 Å². The van der Waals surface area contributed by atoms with Gasteiger partial charge in [-0.15, -0.1) is 0 Å². The van der Waals surface area contributed by atoms with E-state index >= 15 is 0 Å². The van der Waals surface area contributed by atoms with Gasteiger partial charge in [-0.1, -0.05) is 0 Å². The third-order valence-corrected chi connectivity index (χ3v) is 7.21. The van der Waals surface area contributed by atoms with Crippen molar-refractivity contribution in [3.63, 3.8) is 0 Å². The quantitative estimate of drug-likeness (QED) is 0.580. The number of amides is 3. The van der Waals surface area contributed by atoms with Gasteiger partial charge in [0.25, 0.3) is 5.91 Å². The molecule has 3 amide bonds. The maximum absolute atomic E-state index is 13.4. The van der Waals surface area contributed by atoms with Crippen molar-refractivity contribution < 1.29 is 23.8 Å². The van der Waals surface area contributed by atoms with Crippen LogP contribution in [0.2, 0.25) is 0 Å². The van der Waals surface area contributed by atoms with Crippen molar-refractivity contribution in [2.75, 3.05) is 40.6 Å². The van der Waals surface area contributed by atoms with E-state index in [0.29, 0.717) is 43.2 Å². The summed E-state index contributed by atoms with van der Waals surface area (Å²) >= 11 is 0. The summed E-state index contributed by atoms with van der Waals surface area (Å²) in [7, 11) is 3.38. The average Bonchev–Trinajstić information content (AvgIpc) is 3.40. The van der Waals surface area contributed by atoms with Gasteiger partial charge in [-0.05, 0) is 61.1 Å². The molecule has 5 rings (SSSR count). The minimum absolute atomic E-state index is 0.0564. The summed E-state index contributed by atoms with van der Waals surface area (Å²) in [5.41, 5.74) is 1.49. The van der Waals surface area contributed by atoms with Gasteiger partial charge in [0.1, 0.15) is 5.54 Å². The number of aryl methyl sites for hydroxylation is 1. The first-order valence-corrected chi connectivity index (χ1v) is 11.7. The first kappa shape index (κ1) is 22.5. The number of pyridine rings is 1. The third kappa shape index (κ3) is 3.94. The fourth-order valence-corrected chi connectivity index (χ4v) is 5.20. The van der Waals surface area contributed by atoms with E-state index in [-0.39, 0.29) is 18.7 Å². The SMILES string of the molecule is COc1cc(CN2CCC3(CC2)C(=O)N(CCCc2ccncc2)C(=O)N3C)cc2c1OCO2. The number of carbonyl (C=O) groups is 2. The number of fused-ring (bicyclic) bond motifs is 1. The Labute approximate surface area is 199 Å². The average molecular weight is 467 g/mol. The fraction of sp³-hybridized carbons (Fsp3) is 0.480. The van der Waals surface area contributed by atoms with Gasteiger partial charge in [0, 0.05) is 45.6 Å². The van der Waals surface area contributed by atoms with Crippen molar-refractivity contribution in [3.05, 3.63) is 47.8 Å². The molecule has 2 fully saturated rings. The Bertz CT molecular complexity index is 1070. The Morgan fingerprint density at radius 1 is 1.09 bits per heavy atom. The zero-order valence-electron chi connectivity index (χ0n) is 19.7. The second-order valence-electron chi connectivity index (χ2n) is 9.10. The maximum atomic E-state index is 13.4. The number of methoxy groups -OCH3 is 1. The highest BCUT2D eigenvalue weighted by atomic mass is 16.7. The summed E-state index contributed by atoms with van der Waals surface area (Å²) in [5.74, 6) is 1.95. The van der Waals surface area contributed by atoms with Crippen LogP contribution in [-0.2, 0) is 17.8 Å². The minimum atomic E-state index is -0.739.